The maximum atomic E-state index is 12.8. The Morgan fingerprint density at radius 2 is 1.91 bits per heavy atom. The summed E-state index contributed by atoms with van der Waals surface area (Å²) in [7, 11) is 0. The largest absolute Gasteiger partial charge is 0.300 e. The number of rotatable bonds is 5. The second kappa shape index (κ2) is 6.70. The molecular weight excluding hydrogens is 288 g/mol. The smallest absolute Gasteiger partial charge is 0.162 e. The maximum absolute atomic E-state index is 12.8. The van der Waals surface area contributed by atoms with E-state index in [1.54, 1.807) is 6.08 Å². The molecule has 2 rings (SSSR count). The molecular formula is C20H30O3. The van der Waals surface area contributed by atoms with Crippen LogP contribution in [-0.4, -0.2) is 17.3 Å². The van der Waals surface area contributed by atoms with Crippen molar-refractivity contribution in [2.24, 2.45) is 29.1 Å². The van der Waals surface area contributed by atoms with Crippen molar-refractivity contribution in [3.8, 4) is 0 Å². The van der Waals surface area contributed by atoms with Gasteiger partial charge >= 0.3 is 0 Å². The molecule has 0 N–H and O–H groups in total. The van der Waals surface area contributed by atoms with Gasteiger partial charge in [0.2, 0.25) is 0 Å². The molecule has 0 bridgehead atoms. The molecule has 0 amide bonds. The number of hydrogen-bond donors (Lipinski definition) is 0. The van der Waals surface area contributed by atoms with Gasteiger partial charge in [-0.1, -0.05) is 33.3 Å². The molecule has 3 heteroatoms. The van der Waals surface area contributed by atoms with Crippen molar-refractivity contribution in [2.45, 2.75) is 66.7 Å². The van der Waals surface area contributed by atoms with Crippen molar-refractivity contribution in [3.05, 3.63) is 11.6 Å². The first kappa shape index (κ1) is 18.1. The van der Waals surface area contributed by atoms with Gasteiger partial charge in [0, 0.05) is 30.6 Å². The molecule has 0 heterocycles. The van der Waals surface area contributed by atoms with Gasteiger partial charge in [-0.25, -0.2) is 0 Å². The van der Waals surface area contributed by atoms with E-state index in [1.807, 2.05) is 34.6 Å². The van der Waals surface area contributed by atoms with Gasteiger partial charge in [0.25, 0.3) is 0 Å². The lowest BCUT2D eigenvalue weighted by Crippen LogP contribution is -2.41. The lowest BCUT2D eigenvalue weighted by Gasteiger charge is -2.35. The molecule has 0 saturated heterocycles. The fraction of sp³-hybridized carbons (Fsp3) is 0.750. The first-order valence-corrected chi connectivity index (χ1v) is 8.92. The lowest BCUT2D eigenvalue weighted by atomic mass is 9.65. The highest BCUT2D eigenvalue weighted by Gasteiger charge is 2.57. The summed E-state index contributed by atoms with van der Waals surface area (Å²) in [5.74, 6) is 0.587. The zero-order valence-electron chi connectivity index (χ0n) is 15.1. The van der Waals surface area contributed by atoms with Crippen LogP contribution in [0, 0.1) is 29.1 Å². The molecule has 1 unspecified atom stereocenters. The van der Waals surface area contributed by atoms with E-state index in [0.717, 1.165) is 18.4 Å². The first-order chi connectivity index (χ1) is 10.7. The second-order valence-electron chi connectivity index (χ2n) is 8.34. The van der Waals surface area contributed by atoms with Crippen LogP contribution in [0.15, 0.2) is 11.6 Å². The number of Topliss-reactive ketones (excluding diaryl/α,β-unsaturated/α-hetero) is 2. The summed E-state index contributed by atoms with van der Waals surface area (Å²) < 4.78 is 0. The Balaban J connectivity index is 2.24. The average Bonchev–Trinajstić information content (AvgIpc) is 2.61. The van der Waals surface area contributed by atoms with E-state index in [0.29, 0.717) is 25.2 Å². The van der Waals surface area contributed by atoms with Crippen molar-refractivity contribution < 1.29 is 14.4 Å². The molecule has 128 valence electrons. The molecule has 0 aromatic carbocycles. The Labute approximate surface area is 139 Å². The number of carbonyl (C=O) groups excluding carboxylic acids is 3. The molecule has 0 radical (unpaired) electrons. The van der Waals surface area contributed by atoms with Crippen molar-refractivity contribution in [3.63, 3.8) is 0 Å². The van der Waals surface area contributed by atoms with Gasteiger partial charge in [-0.3, -0.25) is 14.4 Å². The van der Waals surface area contributed by atoms with E-state index < -0.39 is 5.41 Å². The third-order valence-electron chi connectivity index (χ3n) is 5.84. The van der Waals surface area contributed by atoms with Crippen LogP contribution in [0.2, 0.25) is 0 Å². The molecule has 1 saturated carbocycles. The Morgan fingerprint density at radius 1 is 1.26 bits per heavy atom. The molecule has 0 aromatic rings. The van der Waals surface area contributed by atoms with Crippen LogP contribution in [0.1, 0.15) is 66.7 Å². The van der Waals surface area contributed by atoms with E-state index in [9.17, 15) is 14.4 Å². The van der Waals surface area contributed by atoms with Crippen LogP contribution in [0.3, 0.4) is 0 Å². The standard InChI is InChI=1S/C20H30O3/c1-12(2)8-16(21)10-14(4)19-17(22)11-15-7-6-13(3)9-18(23)20(15,19)5/h9,12,14-15,19H,6-8,10-11H2,1-5H3/t14?,15-,19-,20-/m1/s1. The minimum absolute atomic E-state index is 0.0560. The Kier molecular flexibility index (Phi) is 5.27. The summed E-state index contributed by atoms with van der Waals surface area (Å²) in [6.45, 7) is 10.00. The fourth-order valence-electron chi connectivity index (χ4n) is 4.70. The predicted octanol–water partition coefficient (Wildman–Crippen LogP) is 4.15. The van der Waals surface area contributed by atoms with E-state index in [1.165, 1.54) is 0 Å². The van der Waals surface area contributed by atoms with Gasteiger partial charge in [-0.15, -0.1) is 0 Å². The molecule has 3 nitrogen and oxygen atoms in total. The Bertz CT molecular complexity index is 543. The molecule has 0 aliphatic heterocycles. The summed E-state index contributed by atoms with van der Waals surface area (Å²) in [5.41, 5.74) is 0.493. The van der Waals surface area contributed by atoms with E-state index in [2.05, 4.69) is 0 Å². The first-order valence-electron chi connectivity index (χ1n) is 8.92. The number of ketones is 3. The van der Waals surface area contributed by atoms with Crippen LogP contribution in [-0.2, 0) is 14.4 Å². The topological polar surface area (TPSA) is 51.2 Å². The number of allylic oxidation sites excluding steroid dienone is 2. The van der Waals surface area contributed by atoms with Crippen LogP contribution in [0.5, 0.6) is 0 Å². The maximum Gasteiger partial charge on any atom is 0.162 e. The van der Waals surface area contributed by atoms with E-state index >= 15 is 0 Å². The third kappa shape index (κ3) is 3.49. The normalized spacial score (nSPS) is 32.5. The summed E-state index contributed by atoms with van der Waals surface area (Å²) >= 11 is 0. The minimum atomic E-state index is -0.619. The quantitative estimate of drug-likeness (QED) is 0.765. The van der Waals surface area contributed by atoms with E-state index in [-0.39, 0.29) is 35.1 Å². The van der Waals surface area contributed by atoms with Gasteiger partial charge in [0.15, 0.2) is 5.78 Å². The SMILES string of the molecule is CC1=CC(=O)[C@@]2(C)[C@H](CC1)CC(=O)[C@H]2C(C)CC(=O)CC(C)C. The van der Waals surface area contributed by atoms with Gasteiger partial charge in [0.1, 0.15) is 11.6 Å². The zero-order valence-corrected chi connectivity index (χ0v) is 15.1. The highest BCUT2D eigenvalue weighted by molar-refractivity contribution is 6.02. The number of hydrogen-bond acceptors (Lipinski definition) is 3. The summed E-state index contributed by atoms with van der Waals surface area (Å²) in [4.78, 5) is 37.7. The predicted molar refractivity (Wildman–Crippen MR) is 91.0 cm³/mol. The van der Waals surface area contributed by atoms with Crippen molar-refractivity contribution in [1.29, 1.82) is 0 Å². The van der Waals surface area contributed by atoms with Gasteiger partial charge in [0.05, 0.1) is 0 Å². The monoisotopic (exact) mass is 318 g/mol. The second-order valence-corrected chi connectivity index (χ2v) is 8.34. The molecule has 4 atom stereocenters. The fourth-order valence-corrected chi connectivity index (χ4v) is 4.70. The average molecular weight is 318 g/mol. The summed E-state index contributed by atoms with van der Waals surface area (Å²) in [6, 6.07) is 0. The van der Waals surface area contributed by atoms with Gasteiger partial charge < -0.3 is 0 Å². The highest BCUT2D eigenvalue weighted by Crippen LogP contribution is 2.53. The van der Waals surface area contributed by atoms with Crippen LogP contribution >= 0.6 is 0 Å². The molecule has 2 aliphatic carbocycles. The number of fused-ring (bicyclic) bond motifs is 1. The highest BCUT2D eigenvalue weighted by atomic mass is 16.1. The van der Waals surface area contributed by atoms with E-state index in [4.69, 9.17) is 0 Å². The molecule has 0 spiro atoms. The Hall–Kier alpha value is -1.25. The Morgan fingerprint density at radius 3 is 2.52 bits per heavy atom. The van der Waals surface area contributed by atoms with Crippen molar-refractivity contribution in [2.75, 3.05) is 0 Å². The van der Waals surface area contributed by atoms with Crippen LogP contribution < -0.4 is 0 Å². The zero-order chi connectivity index (χ0) is 17.4. The molecule has 23 heavy (non-hydrogen) atoms. The third-order valence-corrected chi connectivity index (χ3v) is 5.84. The van der Waals surface area contributed by atoms with Gasteiger partial charge in [-0.05, 0) is 43.6 Å². The van der Waals surface area contributed by atoms with Crippen LogP contribution in [0.25, 0.3) is 0 Å². The number of carbonyl (C=O) groups is 3. The summed E-state index contributed by atoms with van der Waals surface area (Å²) in [6.07, 6.45) is 5.00. The summed E-state index contributed by atoms with van der Waals surface area (Å²) in [5, 5.41) is 0. The minimum Gasteiger partial charge on any atom is -0.300 e. The lowest BCUT2D eigenvalue weighted by molar-refractivity contribution is -0.135. The molecule has 1 fully saturated rings. The van der Waals surface area contributed by atoms with Crippen molar-refractivity contribution >= 4 is 17.3 Å². The van der Waals surface area contributed by atoms with Crippen molar-refractivity contribution in [1.82, 2.24) is 0 Å². The molecule has 2 aliphatic rings. The molecule has 0 aromatic heterocycles. The van der Waals surface area contributed by atoms with Crippen LogP contribution in [0.4, 0.5) is 0 Å². The van der Waals surface area contributed by atoms with Gasteiger partial charge in [-0.2, -0.15) is 0 Å².